The summed E-state index contributed by atoms with van der Waals surface area (Å²) in [4.78, 5) is 0. The van der Waals surface area contributed by atoms with Crippen LogP contribution in [-0.2, 0) is 10.1 Å². The van der Waals surface area contributed by atoms with Crippen molar-refractivity contribution in [1.82, 2.24) is 0 Å². The van der Waals surface area contributed by atoms with Crippen molar-refractivity contribution in [1.29, 1.82) is 0 Å². The van der Waals surface area contributed by atoms with Gasteiger partial charge in [0.1, 0.15) is 0 Å². The van der Waals surface area contributed by atoms with Crippen LogP contribution < -0.4 is 0 Å². The van der Waals surface area contributed by atoms with Gasteiger partial charge in [-0.15, -0.1) is 0 Å². The summed E-state index contributed by atoms with van der Waals surface area (Å²) in [6.45, 7) is 4.25. The smallest absolute Gasteiger partial charge is 0.267 e. The molecule has 146 valence electrons. The van der Waals surface area contributed by atoms with Crippen molar-refractivity contribution in [3.05, 3.63) is 0 Å². The number of unbranched alkanes of at least 4 members (excludes halogenated alkanes) is 8. The van der Waals surface area contributed by atoms with Gasteiger partial charge < -0.3 is 5.11 Å². The van der Waals surface area contributed by atoms with Crippen molar-refractivity contribution in [3.8, 4) is 0 Å². The van der Waals surface area contributed by atoms with Crippen LogP contribution in [0.3, 0.4) is 0 Å². The minimum atomic E-state index is -3.92. The predicted octanol–water partition coefficient (Wildman–Crippen LogP) is 5.50. The van der Waals surface area contributed by atoms with Gasteiger partial charge in [-0.3, -0.25) is 4.55 Å². The van der Waals surface area contributed by atoms with Crippen molar-refractivity contribution < 1.29 is 18.1 Å². The average molecular weight is 365 g/mol. The van der Waals surface area contributed by atoms with E-state index in [1.54, 1.807) is 0 Å². The molecule has 0 heterocycles. The van der Waals surface area contributed by atoms with Crippen LogP contribution in [-0.4, -0.2) is 29.4 Å². The largest absolute Gasteiger partial charge is 0.393 e. The molecule has 0 aromatic carbocycles. The van der Waals surface area contributed by atoms with E-state index in [9.17, 15) is 18.1 Å². The lowest BCUT2D eigenvalue weighted by atomic mass is 10.0. The minimum absolute atomic E-state index is 0.187. The molecule has 0 fully saturated rings. The molecule has 0 saturated carbocycles. The van der Waals surface area contributed by atoms with Crippen LogP contribution in [0.1, 0.15) is 110 Å². The molecular weight excluding hydrogens is 324 g/mol. The maximum atomic E-state index is 11.5. The highest BCUT2D eigenvalue weighted by Crippen LogP contribution is 2.19. The van der Waals surface area contributed by atoms with Crippen LogP contribution in [0.4, 0.5) is 0 Å². The van der Waals surface area contributed by atoms with Gasteiger partial charge in [0.2, 0.25) is 0 Å². The summed E-state index contributed by atoms with van der Waals surface area (Å²) in [6, 6.07) is 0. The third kappa shape index (κ3) is 14.2. The first kappa shape index (κ1) is 23.9. The molecule has 0 aromatic heterocycles. The molecule has 0 aliphatic carbocycles. The highest BCUT2D eigenvalue weighted by Gasteiger charge is 2.21. The maximum Gasteiger partial charge on any atom is 0.267 e. The van der Waals surface area contributed by atoms with Gasteiger partial charge in [-0.1, -0.05) is 84.5 Å². The van der Waals surface area contributed by atoms with Gasteiger partial charge in [0.05, 0.1) is 11.4 Å². The molecule has 24 heavy (non-hydrogen) atoms. The van der Waals surface area contributed by atoms with Crippen LogP contribution in [0.15, 0.2) is 0 Å². The summed E-state index contributed by atoms with van der Waals surface area (Å²) in [5.74, 6) is 0. The summed E-state index contributed by atoms with van der Waals surface area (Å²) in [7, 11) is -3.92. The Balaban J connectivity index is 3.81. The summed E-state index contributed by atoms with van der Waals surface area (Å²) in [5.41, 5.74) is 0. The number of aliphatic hydroxyl groups is 1. The van der Waals surface area contributed by atoms with E-state index >= 15 is 0 Å². The monoisotopic (exact) mass is 364 g/mol. The van der Waals surface area contributed by atoms with Gasteiger partial charge in [-0.25, -0.2) is 0 Å². The molecule has 0 spiro atoms. The lowest BCUT2D eigenvalue weighted by Gasteiger charge is -2.14. The Hall–Kier alpha value is -0.130. The third-order valence-electron chi connectivity index (χ3n) is 4.74. The summed E-state index contributed by atoms with van der Waals surface area (Å²) < 4.78 is 32.4. The molecule has 0 amide bonds. The van der Waals surface area contributed by atoms with Crippen molar-refractivity contribution in [3.63, 3.8) is 0 Å². The van der Waals surface area contributed by atoms with Crippen molar-refractivity contribution in [2.75, 3.05) is 0 Å². The topological polar surface area (TPSA) is 74.6 Å². The lowest BCUT2D eigenvalue weighted by molar-refractivity contribution is 0.150. The molecule has 0 aliphatic rings. The summed E-state index contributed by atoms with van der Waals surface area (Å²) in [6.07, 6.45) is 14.3. The van der Waals surface area contributed by atoms with Gasteiger partial charge in [0, 0.05) is 0 Å². The Morgan fingerprint density at radius 3 is 1.58 bits per heavy atom. The van der Waals surface area contributed by atoms with Crippen LogP contribution >= 0.6 is 0 Å². The Kier molecular flexibility index (Phi) is 15.1. The average Bonchev–Trinajstić information content (AvgIpc) is 2.51. The first-order chi connectivity index (χ1) is 11.4. The quantitative estimate of drug-likeness (QED) is 0.264. The molecule has 0 saturated heterocycles. The third-order valence-corrected chi connectivity index (χ3v) is 6.05. The molecule has 4 nitrogen and oxygen atoms in total. The predicted molar refractivity (Wildman–Crippen MR) is 102 cm³/mol. The van der Waals surface area contributed by atoms with E-state index in [1.807, 2.05) is 0 Å². The Labute approximate surface area is 150 Å². The second kappa shape index (κ2) is 15.2. The van der Waals surface area contributed by atoms with Crippen molar-refractivity contribution >= 4 is 10.1 Å². The van der Waals surface area contributed by atoms with Crippen LogP contribution in [0, 0.1) is 0 Å². The number of rotatable bonds is 17. The molecule has 2 unspecified atom stereocenters. The van der Waals surface area contributed by atoms with E-state index in [4.69, 9.17) is 0 Å². The highest BCUT2D eigenvalue weighted by molar-refractivity contribution is 7.86. The summed E-state index contributed by atoms with van der Waals surface area (Å²) >= 11 is 0. The molecule has 2 atom stereocenters. The van der Waals surface area contributed by atoms with Crippen molar-refractivity contribution in [2.24, 2.45) is 0 Å². The maximum absolute atomic E-state index is 11.5. The molecular formula is C19H40O4S. The summed E-state index contributed by atoms with van der Waals surface area (Å²) in [5, 5.41) is 9.07. The van der Waals surface area contributed by atoms with Crippen LogP contribution in [0.5, 0.6) is 0 Å². The fraction of sp³-hybridized carbons (Fsp3) is 1.00. The molecule has 0 rings (SSSR count). The van der Waals surface area contributed by atoms with Gasteiger partial charge in [-0.05, 0) is 25.7 Å². The van der Waals surface area contributed by atoms with Crippen LogP contribution in [0.2, 0.25) is 0 Å². The fourth-order valence-electron chi connectivity index (χ4n) is 3.18. The van der Waals surface area contributed by atoms with Gasteiger partial charge >= 0.3 is 0 Å². The Morgan fingerprint density at radius 2 is 1.12 bits per heavy atom. The minimum Gasteiger partial charge on any atom is -0.393 e. The standard InChI is InChI=1S/C19H40O4S/c1-3-5-6-7-8-12-16-19(24(21,22)23)17-13-10-9-11-15-18(20)14-4-2/h18-20H,3-17H2,1-2H3,(H,21,22,23). The molecule has 0 radical (unpaired) electrons. The molecule has 2 N–H and O–H groups in total. The van der Waals surface area contributed by atoms with Crippen LogP contribution in [0.25, 0.3) is 0 Å². The molecule has 0 bridgehead atoms. The molecule has 5 heteroatoms. The zero-order valence-corrected chi connectivity index (χ0v) is 16.7. The lowest BCUT2D eigenvalue weighted by Crippen LogP contribution is -2.20. The number of hydrogen-bond acceptors (Lipinski definition) is 3. The zero-order valence-electron chi connectivity index (χ0n) is 15.9. The number of hydrogen-bond donors (Lipinski definition) is 2. The highest BCUT2D eigenvalue weighted by atomic mass is 32.2. The van der Waals surface area contributed by atoms with Gasteiger partial charge in [0.25, 0.3) is 10.1 Å². The van der Waals surface area contributed by atoms with Crippen molar-refractivity contribution in [2.45, 2.75) is 122 Å². The fourth-order valence-corrected chi connectivity index (χ4v) is 4.11. The van der Waals surface area contributed by atoms with E-state index in [-0.39, 0.29) is 6.10 Å². The normalized spacial score (nSPS) is 14.7. The van der Waals surface area contributed by atoms with E-state index in [1.165, 1.54) is 19.3 Å². The van der Waals surface area contributed by atoms with E-state index in [0.717, 1.165) is 64.2 Å². The number of aliphatic hydroxyl groups excluding tert-OH is 1. The first-order valence-corrected chi connectivity index (χ1v) is 11.6. The van der Waals surface area contributed by atoms with Gasteiger partial charge in [0.15, 0.2) is 0 Å². The van der Waals surface area contributed by atoms with Gasteiger partial charge in [-0.2, -0.15) is 8.42 Å². The first-order valence-electron chi connectivity index (χ1n) is 10.1. The SMILES string of the molecule is CCCCCCCCC(CCCCCCC(O)CCC)S(=O)(=O)O. The van der Waals surface area contributed by atoms with E-state index in [2.05, 4.69) is 13.8 Å². The second-order valence-corrected chi connectivity index (χ2v) is 8.82. The molecule has 0 aliphatic heterocycles. The second-order valence-electron chi connectivity index (χ2n) is 7.13. The van der Waals surface area contributed by atoms with E-state index in [0.29, 0.717) is 12.8 Å². The van der Waals surface area contributed by atoms with E-state index < -0.39 is 15.4 Å². The Morgan fingerprint density at radius 1 is 0.667 bits per heavy atom. The molecule has 0 aromatic rings. The zero-order chi connectivity index (χ0) is 18.3. The Bertz CT molecular complexity index is 368.